The molecular weight excluding hydrogens is 230 g/mol. The lowest BCUT2D eigenvalue weighted by molar-refractivity contribution is 1.04. The molecule has 2 aromatic carbocycles. The predicted molar refractivity (Wildman–Crippen MR) is 83.7 cm³/mol. The quantitative estimate of drug-likeness (QED) is 0.812. The molecule has 1 heteroatoms. The van der Waals surface area contributed by atoms with Crippen LogP contribution in [0.4, 0.5) is 5.69 Å². The van der Waals surface area contributed by atoms with Gasteiger partial charge in [-0.05, 0) is 42.0 Å². The van der Waals surface area contributed by atoms with Gasteiger partial charge in [0.15, 0.2) is 0 Å². The Bertz CT molecular complexity index is 521. The van der Waals surface area contributed by atoms with Gasteiger partial charge in [-0.25, -0.2) is 0 Å². The summed E-state index contributed by atoms with van der Waals surface area (Å²) in [5.74, 6) is 0. The van der Waals surface area contributed by atoms with Crippen LogP contribution in [0.25, 0.3) is 0 Å². The highest BCUT2D eigenvalue weighted by atomic mass is 14.9. The topological polar surface area (TPSA) is 12.0 Å². The summed E-state index contributed by atoms with van der Waals surface area (Å²) in [5.41, 5.74) is 6.87. The van der Waals surface area contributed by atoms with Crippen molar-refractivity contribution in [2.45, 2.75) is 40.2 Å². The third-order valence-electron chi connectivity index (χ3n) is 3.72. The van der Waals surface area contributed by atoms with Gasteiger partial charge in [0.2, 0.25) is 0 Å². The average molecular weight is 253 g/mol. The van der Waals surface area contributed by atoms with Crippen LogP contribution in [0, 0.1) is 6.92 Å². The fraction of sp³-hybridized carbons (Fsp3) is 0.333. The van der Waals surface area contributed by atoms with Gasteiger partial charge in [0, 0.05) is 12.2 Å². The highest BCUT2D eigenvalue weighted by Gasteiger charge is 2.06. The first-order chi connectivity index (χ1) is 9.26. The van der Waals surface area contributed by atoms with Gasteiger partial charge in [0.05, 0.1) is 0 Å². The summed E-state index contributed by atoms with van der Waals surface area (Å²) in [6.07, 6.45) is 2.15. The molecule has 0 unspecified atom stereocenters. The van der Waals surface area contributed by atoms with E-state index in [0.29, 0.717) is 0 Å². The van der Waals surface area contributed by atoms with Crippen LogP contribution in [0.15, 0.2) is 42.5 Å². The maximum atomic E-state index is 3.64. The molecule has 2 rings (SSSR count). The summed E-state index contributed by atoms with van der Waals surface area (Å²) in [7, 11) is 0. The first-order valence-electron chi connectivity index (χ1n) is 7.15. The minimum absolute atomic E-state index is 0.899. The largest absolute Gasteiger partial charge is 0.381 e. The molecule has 0 aromatic heterocycles. The van der Waals surface area contributed by atoms with Crippen molar-refractivity contribution >= 4 is 5.69 Å². The van der Waals surface area contributed by atoms with Gasteiger partial charge in [-0.3, -0.25) is 0 Å². The standard InChI is InChI=1S/C18H23N/c1-4-15-11-8-12-16(5-2)18(15)19-13-17-10-7-6-9-14(17)3/h6-12,19H,4-5,13H2,1-3H3. The Labute approximate surface area is 116 Å². The molecule has 0 heterocycles. The Morgan fingerprint density at radius 3 is 1.95 bits per heavy atom. The average Bonchev–Trinajstić information content (AvgIpc) is 2.46. The molecule has 19 heavy (non-hydrogen) atoms. The molecule has 0 bridgehead atoms. The lowest BCUT2D eigenvalue weighted by Crippen LogP contribution is -2.06. The molecule has 0 spiro atoms. The number of aryl methyl sites for hydroxylation is 3. The molecule has 0 saturated heterocycles. The van der Waals surface area contributed by atoms with Crippen LogP contribution in [0.2, 0.25) is 0 Å². The smallest absolute Gasteiger partial charge is 0.0407 e. The van der Waals surface area contributed by atoms with Gasteiger partial charge >= 0.3 is 0 Å². The summed E-state index contributed by atoms with van der Waals surface area (Å²) in [6, 6.07) is 15.2. The van der Waals surface area contributed by atoms with Gasteiger partial charge < -0.3 is 5.32 Å². The first-order valence-corrected chi connectivity index (χ1v) is 7.15. The molecule has 0 aliphatic carbocycles. The van der Waals surface area contributed by atoms with E-state index >= 15 is 0 Å². The summed E-state index contributed by atoms with van der Waals surface area (Å²) >= 11 is 0. The van der Waals surface area contributed by atoms with Gasteiger partial charge in [0.25, 0.3) is 0 Å². The van der Waals surface area contributed by atoms with Crippen molar-refractivity contribution in [2.75, 3.05) is 5.32 Å². The summed E-state index contributed by atoms with van der Waals surface area (Å²) in [6.45, 7) is 7.50. The summed E-state index contributed by atoms with van der Waals surface area (Å²) in [4.78, 5) is 0. The zero-order chi connectivity index (χ0) is 13.7. The molecule has 1 N–H and O–H groups in total. The van der Waals surface area contributed by atoms with E-state index in [-0.39, 0.29) is 0 Å². The van der Waals surface area contributed by atoms with Crippen LogP contribution in [-0.4, -0.2) is 0 Å². The zero-order valence-corrected chi connectivity index (χ0v) is 12.2. The summed E-state index contributed by atoms with van der Waals surface area (Å²) < 4.78 is 0. The maximum absolute atomic E-state index is 3.64. The maximum Gasteiger partial charge on any atom is 0.0407 e. The van der Waals surface area contributed by atoms with E-state index < -0.39 is 0 Å². The molecule has 2 aromatic rings. The number of nitrogens with one attached hydrogen (secondary N) is 1. The van der Waals surface area contributed by atoms with Gasteiger partial charge in [-0.15, -0.1) is 0 Å². The minimum atomic E-state index is 0.899. The second kappa shape index (κ2) is 6.42. The van der Waals surface area contributed by atoms with Crippen LogP contribution >= 0.6 is 0 Å². The Hall–Kier alpha value is -1.76. The third kappa shape index (κ3) is 3.17. The van der Waals surface area contributed by atoms with E-state index in [1.165, 1.54) is 27.9 Å². The van der Waals surface area contributed by atoms with Crippen molar-refractivity contribution in [3.8, 4) is 0 Å². The number of hydrogen-bond acceptors (Lipinski definition) is 1. The number of anilines is 1. The number of benzene rings is 2. The molecule has 0 fully saturated rings. The van der Waals surface area contributed by atoms with Crippen LogP contribution in [-0.2, 0) is 19.4 Å². The normalized spacial score (nSPS) is 10.5. The molecule has 1 nitrogen and oxygen atoms in total. The predicted octanol–water partition coefficient (Wildman–Crippen LogP) is 4.73. The van der Waals surface area contributed by atoms with E-state index in [1.54, 1.807) is 0 Å². The van der Waals surface area contributed by atoms with Crippen LogP contribution in [0.5, 0.6) is 0 Å². The Kier molecular flexibility index (Phi) is 4.62. The molecule has 0 aliphatic heterocycles. The zero-order valence-electron chi connectivity index (χ0n) is 12.2. The second-order valence-corrected chi connectivity index (χ2v) is 4.94. The Morgan fingerprint density at radius 1 is 0.789 bits per heavy atom. The lowest BCUT2D eigenvalue weighted by Gasteiger charge is -2.16. The van der Waals surface area contributed by atoms with E-state index in [9.17, 15) is 0 Å². The van der Waals surface area contributed by atoms with Gasteiger partial charge in [0.1, 0.15) is 0 Å². The molecule has 0 atom stereocenters. The van der Waals surface area contributed by atoms with Crippen molar-refractivity contribution < 1.29 is 0 Å². The fourth-order valence-electron chi connectivity index (χ4n) is 2.46. The van der Waals surface area contributed by atoms with Crippen molar-refractivity contribution in [3.05, 3.63) is 64.7 Å². The Morgan fingerprint density at radius 2 is 1.37 bits per heavy atom. The fourth-order valence-corrected chi connectivity index (χ4v) is 2.46. The number of rotatable bonds is 5. The van der Waals surface area contributed by atoms with Crippen molar-refractivity contribution in [2.24, 2.45) is 0 Å². The summed E-state index contributed by atoms with van der Waals surface area (Å²) in [5, 5.41) is 3.64. The molecule has 0 saturated carbocycles. The Balaban J connectivity index is 2.21. The highest BCUT2D eigenvalue weighted by Crippen LogP contribution is 2.23. The number of hydrogen-bond donors (Lipinski definition) is 1. The molecule has 0 radical (unpaired) electrons. The monoisotopic (exact) mass is 253 g/mol. The first kappa shape index (κ1) is 13.7. The van der Waals surface area contributed by atoms with Crippen LogP contribution in [0.3, 0.4) is 0 Å². The van der Waals surface area contributed by atoms with E-state index in [4.69, 9.17) is 0 Å². The molecule has 0 aliphatic rings. The minimum Gasteiger partial charge on any atom is -0.381 e. The molecular formula is C18H23N. The third-order valence-corrected chi connectivity index (χ3v) is 3.72. The van der Waals surface area contributed by atoms with E-state index in [2.05, 4.69) is 68.6 Å². The molecule has 100 valence electrons. The van der Waals surface area contributed by atoms with Crippen molar-refractivity contribution in [3.63, 3.8) is 0 Å². The SMILES string of the molecule is CCc1cccc(CC)c1NCc1ccccc1C. The molecule has 0 amide bonds. The van der Waals surface area contributed by atoms with Crippen LogP contribution < -0.4 is 5.32 Å². The van der Waals surface area contributed by atoms with Gasteiger partial charge in [-0.2, -0.15) is 0 Å². The van der Waals surface area contributed by atoms with Crippen molar-refractivity contribution in [1.82, 2.24) is 0 Å². The van der Waals surface area contributed by atoms with E-state index in [0.717, 1.165) is 19.4 Å². The van der Waals surface area contributed by atoms with Crippen molar-refractivity contribution in [1.29, 1.82) is 0 Å². The van der Waals surface area contributed by atoms with Gasteiger partial charge in [-0.1, -0.05) is 56.3 Å². The number of para-hydroxylation sites is 1. The highest BCUT2D eigenvalue weighted by molar-refractivity contribution is 5.58. The van der Waals surface area contributed by atoms with Crippen LogP contribution in [0.1, 0.15) is 36.1 Å². The second-order valence-electron chi connectivity index (χ2n) is 4.94. The van der Waals surface area contributed by atoms with E-state index in [1.807, 2.05) is 0 Å². The lowest BCUT2D eigenvalue weighted by atomic mass is 10.0.